The van der Waals surface area contributed by atoms with Crippen molar-refractivity contribution in [1.29, 1.82) is 0 Å². The maximum absolute atomic E-state index is 12.6. The zero-order valence-corrected chi connectivity index (χ0v) is 19.2. The predicted octanol–water partition coefficient (Wildman–Crippen LogP) is 3.77. The Labute approximate surface area is 194 Å². The third kappa shape index (κ3) is 7.20. The number of halogens is 6. The van der Waals surface area contributed by atoms with Gasteiger partial charge in [0.15, 0.2) is 0 Å². The molecule has 0 unspecified atom stereocenters. The molecule has 0 bridgehead atoms. The number of hydrogen-bond donors (Lipinski definition) is 1. The quantitative estimate of drug-likeness (QED) is 0.494. The van der Waals surface area contributed by atoms with Crippen LogP contribution in [0.5, 0.6) is 0 Å². The van der Waals surface area contributed by atoms with E-state index in [1.165, 1.54) is 20.8 Å². The Morgan fingerprint density at radius 2 is 1.31 bits per heavy atom. The summed E-state index contributed by atoms with van der Waals surface area (Å²) in [6, 6.07) is 1.46. The van der Waals surface area contributed by atoms with E-state index in [4.69, 9.17) is 0 Å². The van der Waals surface area contributed by atoms with Crippen molar-refractivity contribution in [3.63, 3.8) is 0 Å². The molecule has 1 N–H and O–H groups in total. The number of carbonyl (C=O) groups is 2. The van der Waals surface area contributed by atoms with Crippen LogP contribution in [0.25, 0.3) is 0 Å². The van der Waals surface area contributed by atoms with Gasteiger partial charge in [-0.1, -0.05) is 0 Å². The molecule has 0 saturated heterocycles. The molecule has 0 saturated carbocycles. The smallest absolute Gasteiger partial charge is 0.431 e. The van der Waals surface area contributed by atoms with Gasteiger partial charge < -0.3 is 19.0 Å². The van der Waals surface area contributed by atoms with Crippen LogP contribution in [-0.2, 0) is 28.9 Å². The van der Waals surface area contributed by atoms with Gasteiger partial charge in [0.05, 0.1) is 13.2 Å². The highest BCUT2D eigenvalue weighted by atomic mass is 19.4. The number of aryl methyl sites for hydroxylation is 2. The zero-order chi connectivity index (χ0) is 27.3. The Morgan fingerprint density at radius 3 is 1.71 bits per heavy atom. The Balaban J connectivity index is 0.000000351. The highest BCUT2D eigenvalue weighted by Gasteiger charge is 2.35. The SMILES string of the molecule is CCOC(=O)c1c(C)cc(C(F)(F)F)[nH]c1=O.CCOC(=O)c1c(C)cc(C(F)(F)F)n(C)c1=O. The van der Waals surface area contributed by atoms with Crippen molar-refractivity contribution in [2.45, 2.75) is 40.0 Å². The first kappa shape index (κ1) is 29.5. The second-order valence-corrected chi connectivity index (χ2v) is 6.96. The highest BCUT2D eigenvalue weighted by Crippen LogP contribution is 2.29. The fourth-order valence-electron chi connectivity index (χ4n) is 2.84. The summed E-state index contributed by atoms with van der Waals surface area (Å²) in [6.45, 7) is 5.67. The van der Waals surface area contributed by atoms with Crippen molar-refractivity contribution in [1.82, 2.24) is 9.55 Å². The maximum atomic E-state index is 12.6. The number of H-pyrrole nitrogens is 1. The summed E-state index contributed by atoms with van der Waals surface area (Å²) >= 11 is 0. The average Bonchev–Trinajstić information content (AvgIpc) is 2.69. The lowest BCUT2D eigenvalue weighted by atomic mass is 10.1. The number of alkyl halides is 6. The summed E-state index contributed by atoms with van der Waals surface area (Å²) in [4.78, 5) is 47.5. The molecule has 0 aliphatic rings. The van der Waals surface area contributed by atoms with Crippen LogP contribution in [0.1, 0.15) is 57.1 Å². The van der Waals surface area contributed by atoms with Crippen LogP contribution in [-0.4, -0.2) is 34.7 Å². The number of esters is 2. The summed E-state index contributed by atoms with van der Waals surface area (Å²) in [5.41, 5.74) is -5.29. The standard InChI is InChI=1S/C11H12F3NO3.C10H10F3NO3/c1-4-18-10(17)8-6(2)5-7(11(12,13)14)15(3)9(8)16;1-3-17-9(16)7-5(2)4-6(10(11,12)13)14-8(7)15/h5H,4H2,1-3H3;4H,3H2,1-2H3,(H,14,15). The first-order valence-corrected chi connectivity index (χ1v) is 9.90. The molecule has 8 nitrogen and oxygen atoms in total. The van der Waals surface area contributed by atoms with Gasteiger partial charge in [-0.15, -0.1) is 0 Å². The topological polar surface area (TPSA) is 107 Å². The minimum Gasteiger partial charge on any atom is -0.462 e. The van der Waals surface area contributed by atoms with Gasteiger partial charge in [0.2, 0.25) is 0 Å². The molecule has 0 atom stereocenters. The molecular weight excluding hydrogens is 490 g/mol. The molecule has 14 heteroatoms. The minimum absolute atomic E-state index is 0.0404. The normalized spacial score (nSPS) is 11.4. The Hall–Kier alpha value is -3.58. The molecule has 0 spiro atoms. The zero-order valence-electron chi connectivity index (χ0n) is 19.2. The number of carbonyl (C=O) groups excluding carboxylic acids is 2. The molecular formula is C21H22F6N2O6. The number of aromatic amines is 1. The predicted molar refractivity (Wildman–Crippen MR) is 110 cm³/mol. The van der Waals surface area contributed by atoms with Crippen molar-refractivity contribution in [2.75, 3.05) is 13.2 Å². The van der Waals surface area contributed by atoms with Crippen LogP contribution in [0.4, 0.5) is 26.3 Å². The first-order chi connectivity index (χ1) is 16.0. The molecule has 0 amide bonds. The van der Waals surface area contributed by atoms with Crippen molar-refractivity contribution in [2.24, 2.45) is 7.05 Å². The molecule has 2 aromatic rings. The van der Waals surface area contributed by atoms with Crippen LogP contribution < -0.4 is 11.1 Å². The van der Waals surface area contributed by atoms with Gasteiger partial charge >= 0.3 is 24.3 Å². The molecule has 0 radical (unpaired) electrons. The number of aromatic nitrogens is 2. The summed E-state index contributed by atoms with van der Waals surface area (Å²) in [6.07, 6.45) is -9.30. The summed E-state index contributed by atoms with van der Waals surface area (Å²) in [5.74, 6) is -1.84. The van der Waals surface area contributed by atoms with Crippen molar-refractivity contribution in [3.8, 4) is 0 Å². The van der Waals surface area contributed by atoms with E-state index in [2.05, 4.69) is 9.47 Å². The first-order valence-electron chi connectivity index (χ1n) is 9.90. The van der Waals surface area contributed by atoms with Gasteiger partial charge in [0, 0.05) is 7.05 Å². The molecule has 2 aromatic heterocycles. The van der Waals surface area contributed by atoms with Crippen molar-refractivity contribution >= 4 is 11.9 Å². The fraction of sp³-hybridized carbons (Fsp3) is 0.429. The molecule has 2 rings (SSSR count). The van der Waals surface area contributed by atoms with E-state index in [9.17, 15) is 45.5 Å². The Kier molecular flexibility index (Phi) is 9.45. The van der Waals surface area contributed by atoms with Crippen LogP contribution in [0.15, 0.2) is 21.7 Å². The van der Waals surface area contributed by atoms with E-state index in [0.29, 0.717) is 10.6 Å². The third-order valence-corrected chi connectivity index (χ3v) is 4.41. The molecule has 2 heterocycles. The number of hydrogen-bond acceptors (Lipinski definition) is 6. The number of nitrogens with zero attached hydrogens (tertiary/aromatic N) is 1. The summed E-state index contributed by atoms with van der Waals surface area (Å²) in [5, 5.41) is 0. The van der Waals surface area contributed by atoms with Gasteiger partial charge in [-0.05, 0) is 51.0 Å². The lowest BCUT2D eigenvalue weighted by molar-refractivity contribution is -0.144. The summed E-state index contributed by atoms with van der Waals surface area (Å²) < 4.78 is 84.5. The fourth-order valence-corrected chi connectivity index (χ4v) is 2.84. The van der Waals surface area contributed by atoms with E-state index in [1.807, 2.05) is 0 Å². The van der Waals surface area contributed by atoms with E-state index >= 15 is 0 Å². The minimum atomic E-state index is -4.66. The van der Waals surface area contributed by atoms with Crippen LogP contribution in [0, 0.1) is 13.8 Å². The van der Waals surface area contributed by atoms with Gasteiger partial charge in [0.25, 0.3) is 11.1 Å². The van der Waals surface area contributed by atoms with E-state index in [0.717, 1.165) is 13.1 Å². The van der Waals surface area contributed by atoms with Gasteiger partial charge in [-0.2, -0.15) is 26.3 Å². The van der Waals surface area contributed by atoms with Gasteiger partial charge in [-0.3, -0.25) is 9.59 Å². The van der Waals surface area contributed by atoms with Crippen LogP contribution in [0.2, 0.25) is 0 Å². The van der Waals surface area contributed by atoms with Crippen LogP contribution >= 0.6 is 0 Å². The van der Waals surface area contributed by atoms with E-state index < -0.39 is 52.4 Å². The Morgan fingerprint density at radius 1 is 0.857 bits per heavy atom. The van der Waals surface area contributed by atoms with E-state index in [-0.39, 0.29) is 29.9 Å². The molecule has 0 aliphatic heterocycles. The lowest BCUT2D eigenvalue weighted by Gasteiger charge is -2.14. The number of ether oxygens (including phenoxy) is 2. The number of nitrogens with one attached hydrogen (secondary N) is 1. The third-order valence-electron chi connectivity index (χ3n) is 4.41. The highest BCUT2D eigenvalue weighted by molar-refractivity contribution is 5.91. The maximum Gasteiger partial charge on any atom is 0.431 e. The number of pyridine rings is 2. The van der Waals surface area contributed by atoms with Gasteiger partial charge in [0.1, 0.15) is 22.5 Å². The molecule has 0 aliphatic carbocycles. The monoisotopic (exact) mass is 512 g/mol. The van der Waals surface area contributed by atoms with Crippen molar-refractivity contribution < 1.29 is 45.4 Å². The van der Waals surface area contributed by atoms with Crippen molar-refractivity contribution in [3.05, 3.63) is 66.5 Å². The lowest BCUT2D eigenvalue weighted by Crippen LogP contribution is -2.31. The molecule has 0 aromatic carbocycles. The van der Waals surface area contributed by atoms with Crippen LogP contribution in [0.3, 0.4) is 0 Å². The summed E-state index contributed by atoms with van der Waals surface area (Å²) in [7, 11) is 0.966. The second kappa shape index (κ2) is 11.2. The Bertz CT molecular complexity index is 1210. The van der Waals surface area contributed by atoms with Gasteiger partial charge in [-0.25, -0.2) is 9.59 Å². The average molecular weight is 512 g/mol. The molecule has 0 fully saturated rings. The second-order valence-electron chi connectivity index (χ2n) is 6.96. The van der Waals surface area contributed by atoms with E-state index in [1.54, 1.807) is 11.9 Å². The number of rotatable bonds is 4. The largest absolute Gasteiger partial charge is 0.462 e. The molecule has 35 heavy (non-hydrogen) atoms. The molecule has 194 valence electrons.